The van der Waals surface area contributed by atoms with Gasteiger partial charge in [-0.1, -0.05) is 0 Å². The number of hydrogen-bond acceptors (Lipinski definition) is 12. The highest BCUT2D eigenvalue weighted by molar-refractivity contribution is 6.06. The topological polar surface area (TPSA) is 211 Å². The number of phenols is 1. The largest absolute Gasteiger partial charge is 0.507 e. The zero-order valence-electron chi connectivity index (χ0n) is 21.9. The minimum Gasteiger partial charge on any atom is -0.507 e. The molecule has 14 heteroatoms. The molecule has 4 atom stereocenters. The number of carbonyl (C=O) groups excluding carboxylic acids is 1. The first kappa shape index (κ1) is 27.5. The normalized spacial score (nSPS) is 23.1. The number of nitrogens with one attached hydrogen (secondary N) is 2. The quantitative estimate of drug-likeness (QED) is 0.222. The standard InChI is InChI=1S/C26H34FN11O2/c27-14-1-6-21(22(39)7-14)23(40)32-19-2-4-20(5-3-19)33-24-34-25(37-10-15(28)8-16(29)11-37)36-26(35-24)38-12-17(30)9-18(31)13-38/h1-7,15-18,39H,8-13,28-31H2,(H,32,40)(H,33,34,35,36)/t15-,16+,17-,18+. The van der Waals surface area contributed by atoms with E-state index in [0.29, 0.717) is 55.4 Å². The smallest absolute Gasteiger partial charge is 0.259 e. The van der Waals surface area contributed by atoms with Gasteiger partial charge < -0.3 is 48.5 Å². The number of amides is 1. The maximum absolute atomic E-state index is 13.3. The zero-order chi connectivity index (χ0) is 28.4. The summed E-state index contributed by atoms with van der Waals surface area (Å²) in [6, 6.07) is 9.64. The van der Waals surface area contributed by atoms with Crippen molar-refractivity contribution >= 4 is 35.1 Å². The summed E-state index contributed by atoms with van der Waals surface area (Å²) in [5, 5.41) is 15.8. The minimum absolute atomic E-state index is 0.0388. The van der Waals surface area contributed by atoms with Crippen LogP contribution in [0.25, 0.3) is 0 Å². The lowest BCUT2D eigenvalue weighted by molar-refractivity contribution is 0.102. The van der Waals surface area contributed by atoms with Crippen molar-refractivity contribution in [1.29, 1.82) is 0 Å². The number of anilines is 5. The van der Waals surface area contributed by atoms with E-state index in [2.05, 4.69) is 20.6 Å². The molecule has 40 heavy (non-hydrogen) atoms. The van der Waals surface area contributed by atoms with Crippen molar-refractivity contribution in [2.45, 2.75) is 37.0 Å². The van der Waals surface area contributed by atoms with Crippen LogP contribution in [0.15, 0.2) is 42.5 Å². The lowest BCUT2D eigenvalue weighted by Gasteiger charge is -2.37. The summed E-state index contributed by atoms with van der Waals surface area (Å²) in [7, 11) is 0. The van der Waals surface area contributed by atoms with Crippen LogP contribution in [0.1, 0.15) is 23.2 Å². The van der Waals surface area contributed by atoms with E-state index in [-0.39, 0.29) is 29.7 Å². The molecule has 0 aliphatic carbocycles. The first-order valence-corrected chi connectivity index (χ1v) is 13.1. The van der Waals surface area contributed by atoms with Crippen LogP contribution in [0.4, 0.5) is 33.6 Å². The summed E-state index contributed by atoms with van der Waals surface area (Å²) in [5.41, 5.74) is 26.0. The average molecular weight is 552 g/mol. The van der Waals surface area contributed by atoms with E-state index < -0.39 is 17.5 Å². The lowest BCUT2D eigenvalue weighted by atomic mass is 10.0. The third-order valence-electron chi connectivity index (χ3n) is 6.81. The highest BCUT2D eigenvalue weighted by Crippen LogP contribution is 2.25. The summed E-state index contributed by atoms with van der Waals surface area (Å²) in [6.45, 7) is 2.25. The highest BCUT2D eigenvalue weighted by Gasteiger charge is 2.28. The summed E-state index contributed by atoms with van der Waals surface area (Å²) in [6.07, 6.45) is 1.44. The van der Waals surface area contributed by atoms with Gasteiger partial charge in [0.1, 0.15) is 11.6 Å². The highest BCUT2D eigenvalue weighted by atomic mass is 19.1. The van der Waals surface area contributed by atoms with Gasteiger partial charge in [0.25, 0.3) is 5.91 Å². The van der Waals surface area contributed by atoms with Gasteiger partial charge in [-0.05, 0) is 49.2 Å². The number of nitrogens with two attached hydrogens (primary N) is 4. The zero-order valence-corrected chi connectivity index (χ0v) is 21.9. The molecule has 2 fully saturated rings. The van der Waals surface area contributed by atoms with E-state index in [4.69, 9.17) is 27.9 Å². The molecular formula is C26H34FN11O2. The number of phenolic OH excluding ortho intramolecular Hbond substituents is 1. The molecule has 0 radical (unpaired) electrons. The number of aromatic nitrogens is 3. The summed E-state index contributed by atoms with van der Waals surface area (Å²) in [5.74, 6) is -0.425. The second-order valence-corrected chi connectivity index (χ2v) is 10.4. The Kier molecular flexibility index (Phi) is 7.93. The summed E-state index contributed by atoms with van der Waals surface area (Å²) < 4.78 is 13.3. The fourth-order valence-electron chi connectivity index (χ4n) is 5.04. The number of halogens is 1. The Hall–Kier alpha value is -4.11. The average Bonchev–Trinajstić information content (AvgIpc) is 2.88. The van der Waals surface area contributed by atoms with E-state index in [1.807, 2.05) is 9.80 Å². The number of carbonyl (C=O) groups is 1. The number of hydrogen-bond donors (Lipinski definition) is 7. The molecule has 3 heterocycles. The third-order valence-corrected chi connectivity index (χ3v) is 6.81. The Morgan fingerprint density at radius 1 is 0.800 bits per heavy atom. The first-order valence-electron chi connectivity index (χ1n) is 13.1. The Balaban J connectivity index is 1.36. The van der Waals surface area contributed by atoms with E-state index in [1.165, 1.54) is 6.07 Å². The molecule has 212 valence electrons. The van der Waals surface area contributed by atoms with Crippen LogP contribution in [0.2, 0.25) is 0 Å². The predicted molar refractivity (Wildman–Crippen MR) is 151 cm³/mol. The van der Waals surface area contributed by atoms with Gasteiger partial charge in [-0.3, -0.25) is 4.79 Å². The maximum atomic E-state index is 13.3. The second-order valence-electron chi connectivity index (χ2n) is 10.4. The predicted octanol–water partition coefficient (Wildman–Crippen LogP) is 0.442. The minimum atomic E-state index is -0.633. The van der Waals surface area contributed by atoms with Crippen molar-refractivity contribution in [2.24, 2.45) is 22.9 Å². The SMILES string of the molecule is N[C@@H]1C[C@H](N)CN(c2nc(Nc3ccc(NC(=O)c4ccc(F)cc4O)cc3)nc(N3C[C@H](N)C[C@H](N)C3)n2)C1. The Labute approximate surface area is 230 Å². The number of piperidine rings is 2. The summed E-state index contributed by atoms with van der Waals surface area (Å²) in [4.78, 5) is 30.4. The van der Waals surface area contributed by atoms with Gasteiger partial charge in [0.15, 0.2) is 0 Å². The molecule has 0 bridgehead atoms. The van der Waals surface area contributed by atoms with Gasteiger partial charge in [0.05, 0.1) is 5.56 Å². The Morgan fingerprint density at radius 2 is 1.30 bits per heavy atom. The van der Waals surface area contributed by atoms with Crippen molar-refractivity contribution in [3.63, 3.8) is 0 Å². The fraction of sp³-hybridized carbons (Fsp3) is 0.385. The molecular weight excluding hydrogens is 517 g/mol. The molecule has 2 saturated heterocycles. The number of nitrogens with zero attached hydrogens (tertiary/aromatic N) is 5. The van der Waals surface area contributed by atoms with Gasteiger partial charge in [0, 0.05) is 67.8 Å². The molecule has 0 unspecified atom stereocenters. The molecule has 0 saturated carbocycles. The van der Waals surface area contributed by atoms with Crippen molar-refractivity contribution in [1.82, 2.24) is 15.0 Å². The fourth-order valence-corrected chi connectivity index (χ4v) is 5.04. The number of aromatic hydroxyl groups is 1. The van der Waals surface area contributed by atoms with Crippen LogP contribution in [0, 0.1) is 5.82 Å². The van der Waals surface area contributed by atoms with Gasteiger partial charge in [-0.15, -0.1) is 0 Å². The van der Waals surface area contributed by atoms with E-state index in [0.717, 1.165) is 25.0 Å². The number of rotatable bonds is 6. The maximum Gasteiger partial charge on any atom is 0.259 e. The van der Waals surface area contributed by atoms with Gasteiger partial charge in [0.2, 0.25) is 17.8 Å². The molecule has 0 spiro atoms. The van der Waals surface area contributed by atoms with Gasteiger partial charge in [-0.25, -0.2) is 4.39 Å². The van der Waals surface area contributed by atoms with Crippen molar-refractivity contribution in [3.05, 3.63) is 53.8 Å². The molecule has 11 N–H and O–H groups in total. The van der Waals surface area contributed by atoms with Crippen LogP contribution in [0.3, 0.4) is 0 Å². The van der Waals surface area contributed by atoms with Crippen LogP contribution in [-0.4, -0.2) is 76.3 Å². The van der Waals surface area contributed by atoms with Crippen LogP contribution in [-0.2, 0) is 0 Å². The van der Waals surface area contributed by atoms with E-state index >= 15 is 0 Å². The van der Waals surface area contributed by atoms with E-state index in [9.17, 15) is 14.3 Å². The monoisotopic (exact) mass is 551 g/mol. The number of benzene rings is 2. The van der Waals surface area contributed by atoms with Crippen LogP contribution >= 0.6 is 0 Å². The summed E-state index contributed by atoms with van der Waals surface area (Å²) >= 11 is 0. The van der Waals surface area contributed by atoms with Crippen molar-refractivity contribution < 1.29 is 14.3 Å². The van der Waals surface area contributed by atoms with Crippen molar-refractivity contribution in [2.75, 3.05) is 46.6 Å². The third kappa shape index (κ3) is 6.54. The van der Waals surface area contributed by atoms with Crippen LogP contribution < -0.4 is 43.4 Å². The molecule has 2 aromatic carbocycles. The molecule has 5 rings (SSSR count). The Morgan fingerprint density at radius 3 is 1.80 bits per heavy atom. The molecule has 1 aromatic heterocycles. The van der Waals surface area contributed by atoms with Crippen LogP contribution in [0.5, 0.6) is 5.75 Å². The molecule has 2 aliphatic heterocycles. The molecule has 3 aromatic rings. The second kappa shape index (κ2) is 11.6. The molecule has 1 amide bonds. The Bertz CT molecular complexity index is 1290. The van der Waals surface area contributed by atoms with Gasteiger partial charge >= 0.3 is 0 Å². The lowest BCUT2D eigenvalue weighted by Crippen LogP contribution is -2.54. The van der Waals surface area contributed by atoms with Gasteiger partial charge in [-0.2, -0.15) is 15.0 Å². The molecule has 2 aliphatic rings. The van der Waals surface area contributed by atoms with E-state index in [1.54, 1.807) is 24.3 Å². The van der Waals surface area contributed by atoms with Crippen molar-refractivity contribution in [3.8, 4) is 5.75 Å². The molecule has 13 nitrogen and oxygen atoms in total. The first-order chi connectivity index (χ1) is 19.1.